The minimum absolute atomic E-state index is 0.211. The molecule has 0 radical (unpaired) electrons. The lowest BCUT2D eigenvalue weighted by Gasteiger charge is -2.24. The van der Waals surface area contributed by atoms with E-state index in [2.05, 4.69) is 0 Å². The average Bonchev–Trinajstić information content (AvgIpc) is 2.38. The van der Waals surface area contributed by atoms with Gasteiger partial charge in [-0.15, -0.1) is 0 Å². The fourth-order valence-corrected chi connectivity index (χ4v) is 2.12. The Kier molecular flexibility index (Phi) is 3.76. The molecular formula is C16H18O3. The lowest BCUT2D eigenvalue weighted by atomic mass is 9.89. The number of hydrogen-bond acceptors (Lipinski definition) is 3. The van der Waals surface area contributed by atoms with E-state index in [9.17, 15) is 10.2 Å². The van der Waals surface area contributed by atoms with Gasteiger partial charge in [0.2, 0.25) is 0 Å². The first-order chi connectivity index (χ1) is 9.01. The van der Waals surface area contributed by atoms with Gasteiger partial charge in [0.05, 0.1) is 12.7 Å². The Morgan fingerprint density at radius 3 is 2.37 bits per heavy atom. The summed E-state index contributed by atoms with van der Waals surface area (Å²) in [6.45, 7) is 1.76. The molecule has 0 spiro atoms. The summed E-state index contributed by atoms with van der Waals surface area (Å²) in [6.07, 6.45) is 0.438. The highest BCUT2D eigenvalue weighted by atomic mass is 16.5. The molecule has 19 heavy (non-hydrogen) atoms. The fourth-order valence-electron chi connectivity index (χ4n) is 2.12. The zero-order valence-corrected chi connectivity index (χ0v) is 11.1. The van der Waals surface area contributed by atoms with Crippen molar-refractivity contribution in [3.05, 3.63) is 59.7 Å². The van der Waals surface area contributed by atoms with Crippen LogP contribution < -0.4 is 4.74 Å². The molecule has 2 rings (SSSR count). The summed E-state index contributed by atoms with van der Waals surface area (Å²) in [4.78, 5) is 0. The standard InChI is InChI=1S/C16H18O3/c1-16(18,11-12-4-3-5-14(17)10-12)13-6-8-15(19-2)9-7-13/h3-10,17-18H,11H2,1-2H3. The van der Waals surface area contributed by atoms with Gasteiger partial charge in [0.1, 0.15) is 11.5 Å². The predicted octanol–water partition coefficient (Wildman–Crippen LogP) is 2.85. The van der Waals surface area contributed by atoms with E-state index in [1.807, 2.05) is 30.3 Å². The highest BCUT2D eigenvalue weighted by Gasteiger charge is 2.23. The zero-order valence-electron chi connectivity index (χ0n) is 11.1. The topological polar surface area (TPSA) is 49.7 Å². The molecule has 2 aromatic carbocycles. The van der Waals surface area contributed by atoms with Crippen molar-refractivity contribution >= 4 is 0 Å². The summed E-state index contributed by atoms with van der Waals surface area (Å²) in [7, 11) is 1.61. The van der Waals surface area contributed by atoms with Crippen molar-refractivity contribution in [2.24, 2.45) is 0 Å². The van der Waals surface area contributed by atoms with Crippen LogP contribution in [-0.4, -0.2) is 17.3 Å². The highest BCUT2D eigenvalue weighted by molar-refractivity contribution is 5.33. The molecule has 2 N–H and O–H groups in total. The number of phenols is 1. The van der Waals surface area contributed by atoms with Gasteiger partial charge in [0.25, 0.3) is 0 Å². The van der Waals surface area contributed by atoms with Gasteiger partial charge in [0, 0.05) is 6.42 Å². The summed E-state index contributed by atoms with van der Waals surface area (Å²) in [6, 6.07) is 14.3. The molecule has 0 bridgehead atoms. The van der Waals surface area contributed by atoms with Gasteiger partial charge in [-0.2, -0.15) is 0 Å². The molecule has 0 fully saturated rings. The Balaban J connectivity index is 2.21. The van der Waals surface area contributed by atoms with Crippen LogP contribution in [-0.2, 0) is 12.0 Å². The number of rotatable bonds is 4. The predicted molar refractivity (Wildman–Crippen MR) is 74.4 cm³/mol. The molecule has 3 nitrogen and oxygen atoms in total. The smallest absolute Gasteiger partial charge is 0.118 e. The summed E-state index contributed by atoms with van der Waals surface area (Å²) < 4.78 is 5.10. The van der Waals surface area contributed by atoms with Gasteiger partial charge < -0.3 is 14.9 Å². The van der Waals surface area contributed by atoms with Gasteiger partial charge in [-0.3, -0.25) is 0 Å². The molecule has 0 heterocycles. The number of methoxy groups -OCH3 is 1. The maximum atomic E-state index is 10.6. The van der Waals surface area contributed by atoms with Gasteiger partial charge in [-0.1, -0.05) is 24.3 Å². The molecule has 1 unspecified atom stereocenters. The molecule has 0 aliphatic carbocycles. The highest BCUT2D eigenvalue weighted by Crippen LogP contribution is 2.27. The van der Waals surface area contributed by atoms with Crippen LogP contribution in [0.2, 0.25) is 0 Å². The first-order valence-corrected chi connectivity index (χ1v) is 6.16. The number of benzene rings is 2. The molecule has 0 amide bonds. The van der Waals surface area contributed by atoms with Gasteiger partial charge in [-0.05, 0) is 42.3 Å². The van der Waals surface area contributed by atoms with E-state index in [1.165, 1.54) is 0 Å². The van der Waals surface area contributed by atoms with E-state index in [0.29, 0.717) is 6.42 Å². The number of aliphatic hydroxyl groups is 1. The summed E-state index contributed by atoms with van der Waals surface area (Å²) >= 11 is 0. The van der Waals surface area contributed by atoms with Crippen molar-refractivity contribution in [1.82, 2.24) is 0 Å². The molecule has 2 aromatic rings. The monoisotopic (exact) mass is 258 g/mol. The van der Waals surface area contributed by atoms with E-state index in [1.54, 1.807) is 32.2 Å². The maximum Gasteiger partial charge on any atom is 0.118 e. The maximum absolute atomic E-state index is 10.6. The van der Waals surface area contributed by atoms with Crippen molar-refractivity contribution in [1.29, 1.82) is 0 Å². The summed E-state index contributed by atoms with van der Waals surface area (Å²) in [5.41, 5.74) is 0.720. The van der Waals surface area contributed by atoms with Crippen LogP contribution in [0.3, 0.4) is 0 Å². The molecule has 0 saturated carbocycles. The minimum Gasteiger partial charge on any atom is -0.508 e. The molecule has 0 saturated heterocycles. The molecule has 0 aliphatic rings. The summed E-state index contributed by atoms with van der Waals surface area (Å²) in [5, 5.41) is 20.0. The number of aromatic hydroxyl groups is 1. The van der Waals surface area contributed by atoms with Crippen molar-refractivity contribution in [2.75, 3.05) is 7.11 Å². The lowest BCUT2D eigenvalue weighted by molar-refractivity contribution is 0.0575. The van der Waals surface area contributed by atoms with Crippen LogP contribution >= 0.6 is 0 Å². The molecule has 0 aliphatic heterocycles. The molecule has 3 heteroatoms. The Bertz CT molecular complexity index is 544. The third-order valence-electron chi connectivity index (χ3n) is 3.17. The van der Waals surface area contributed by atoms with E-state index in [4.69, 9.17) is 4.74 Å². The third-order valence-corrected chi connectivity index (χ3v) is 3.17. The van der Waals surface area contributed by atoms with Crippen LogP contribution in [0.5, 0.6) is 11.5 Å². The van der Waals surface area contributed by atoms with Crippen LogP contribution in [0.4, 0.5) is 0 Å². The van der Waals surface area contributed by atoms with Crippen molar-refractivity contribution in [3.8, 4) is 11.5 Å². The van der Waals surface area contributed by atoms with Crippen molar-refractivity contribution < 1.29 is 14.9 Å². The van der Waals surface area contributed by atoms with E-state index >= 15 is 0 Å². The molecule has 1 atom stereocenters. The largest absolute Gasteiger partial charge is 0.508 e. The van der Waals surface area contributed by atoms with E-state index in [-0.39, 0.29) is 5.75 Å². The van der Waals surface area contributed by atoms with Gasteiger partial charge in [-0.25, -0.2) is 0 Å². The fraction of sp³-hybridized carbons (Fsp3) is 0.250. The second-order valence-corrected chi connectivity index (χ2v) is 4.85. The third kappa shape index (κ3) is 3.26. The molecular weight excluding hydrogens is 240 g/mol. The van der Waals surface area contributed by atoms with Crippen LogP contribution in [0.15, 0.2) is 48.5 Å². The zero-order chi connectivity index (χ0) is 13.9. The van der Waals surface area contributed by atoms with Gasteiger partial charge in [0.15, 0.2) is 0 Å². The van der Waals surface area contributed by atoms with Crippen LogP contribution in [0.25, 0.3) is 0 Å². The Labute approximate surface area is 113 Å². The lowest BCUT2D eigenvalue weighted by Crippen LogP contribution is -2.24. The van der Waals surface area contributed by atoms with Crippen LogP contribution in [0, 0.1) is 0 Å². The minimum atomic E-state index is -0.986. The Hall–Kier alpha value is -2.00. The summed E-state index contributed by atoms with van der Waals surface area (Å²) in [5.74, 6) is 0.972. The molecule has 100 valence electrons. The van der Waals surface area contributed by atoms with E-state index < -0.39 is 5.60 Å². The number of hydrogen-bond donors (Lipinski definition) is 2. The normalized spacial score (nSPS) is 13.8. The Morgan fingerprint density at radius 2 is 1.79 bits per heavy atom. The first kappa shape index (κ1) is 13.4. The number of phenolic OH excluding ortho intramolecular Hbond substituents is 1. The van der Waals surface area contributed by atoms with Crippen molar-refractivity contribution in [2.45, 2.75) is 18.9 Å². The first-order valence-electron chi connectivity index (χ1n) is 6.16. The molecule has 0 aromatic heterocycles. The Morgan fingerprint density at radius 1 is 1.11 bits per heavy atom. The second-order valence-electron chi connectivity index (χ2n) is 4.85. The quantitative estimate of drug-likeness (QED) is 0.886. The van der Waals surface area contributed by atoms with Gasteiger partial charge >= 0.3 is 0 Å². The SMILES string of the molecule is COc1ccc(C(C)(O)Cc2cccc(O)c2)cc1. The van der Waals surface area contributed by atoms with Crippen molar-refractivity contribution in [3.63, 3.8) is 0 Å². The van der Waals surface area contributed by atoms with E-state index in [0.717, 1.165) is 16.9 Å². The van der Waals surface area contributed by atoms with Crippen LogP contribution in [0.1, 0.15) is 18.1 Å². The number of ether oxygens (including phenoxy) is 1. The average molecular weight is 258 g/mol. The second kappa shape index (κ2) is 5.33.